The molecule has 1 atom stereocenters. The Morgan fingerprint density at radius 3 is 2.75 bits per heavy atom. The summed E-state index contributed by atoms with van der Waals surface area (Å²) in [4.78, 5) is 17.4. The van der Waals surface area contributed by atoms with Gasteiger partial charge in [-0.25, -0.2) is 0 Å². The number of aliphatic hydroxyl groups is 1. The van der Waals surface area contributed by atoms with Crippen molar-refractivity contribution in [2.75, 3.05) is 13.1 Å². The number of β-amino-alcohol motifs (C(OH)–C–C–N with tert-alkyl or cyclic N) is 1. The molecule has 4 heteroatoms. The average Bonchev–Trinajstić information content (AvgIpc) is 2.87. The highest BCUT2D eigenvalue weighted by Crippen LogP contribution is 2.22. The Labute approximate surface area is 118 Å². The van der Waals surface area contributed by atoms with E-state index in [9.17, 15) is 9.90 Å². The number of rotatable bonds is 3. The SMILES string of the molecule is CCc1[nH]c(=O)c2ccccc2c1CN1CC[C@@H](O)C1. The van der Waals surface area contributed by atoms with Crippen molar-refractivity contribution in [1.29, 1.82) is 0 Å². The molecule has 1 saturated heterocycles. The zero-order chi connectivity index (χ0) is 14.1. The van der Waals surface area contributed by atoms with Crippen LogP contribution >= 0.6 is 0 Å². The molecule has 0 saturated carbocycles. The molecule has 2 aromatic rings. The lowest BCUT2D eigenvalue weighted by Gasteiger charge is -2.19. The minimum atomic E-state index is -0.214. The Morgan fingerprint density at radius 1 is 1.35 bits per heavy atom. The van der Waals surface area contributed by atoms with Gasteiger partial charge in [0.05, 0.1) is 6.10 Å². The standard InChI is InChI=1S/C16H20N2O2/c1-2-15-14(10-18-8-7-11(19)9-18)12-5-3-4-6-13(12)16(20)17-15/h3-6,11,19H,2,7-10H2,1H3,(H,17,20)/t11-/m1/s1. The zero-order valence-corrected chi connectivity index (χ0v) is 11.7. The number of aryl methyl sites for hydroxylation is 1. The van der Waals surface area contributed by atoms with Crippen molar-refractivity contribution in [2.24, 2.45) is 0 Å². The number of hydrogen-bond donors (Lipinski definition) is 2. The number of benzene rings is 1. The summed E-state index contributed by atoms with van der Waals surface area (Å²) in [6.45, 7) is 4.48. The van der Waals surface area contributed by atoms with Crippen molar-refractivity contribution in [3.63, 3.8) is 0 Å². The van der Waals surface area contributed by atoms with E-state index in [1.165, 1.54) is 5.56 Å². The number of nitrogens with zero attached hydrogens (tertiary/aromatic N) is 1. The Hall–Kier alpha value is -1.65. The summed E-state index contributed by atoms with van der Waals surface area (Å²) in [6.07, 6.45) is 1.43. The molecule has 2 heterocycles. The molecule has 1 aliphatic heterocycles. The third-order valence-electron chi connectivity index (χ3n) is 4.11. The van der Waals surface area contributed by atoms with Gasteiger partial charge in [-0.05, 0) is 29.9 Å². The zero-order valence-electron chi connectivity index (χ0n) is 11.7. The molecule has 2 N–H and O–H groups in total. The molecule has 0 spiro atoms. The van der Waals surface area contributed by atoms with Gasteiger partial charge in [-0.2, -0.15) is 0 Å². The molecule has 0 bridgehead atoms. The second-order valence-electron chi connectivity index (χ2n) is 5.49. The largest absolute Gasteiger partial charge is 0.392 e. The van der Waals surface area contributed by atoms with Crippen molar-refractivity contribution in [2.45, 2.75) is 32.4 Å². The first kappa shape index (κ1) is 13.3. The number of fused-ring (bicyclic) bond motifs is 1. The van der Waals surface area contributed by atoms with Crippen LogP contribution in [0.25, 0.3) is 10.8 Å². The van der Waals surface area contributed by atoms with Crippen molar-refractivity contribution in [1.82, 2.24) is 9.88 Å². The van der Waals surface area contributed by atoms with E-state index in [1.54, 1.807) is 0 Å². The van der Waals surface area contributed by atoms with Crippen LogP contribution in [0.3, 0.4) is 0 Å². The second kappa shape index (κ2) is 5.38. The number of likely N-dealkylation sites (tertiary alicyclic amines) is 1. The monoisotopic (exact) mass is 272 g/mol. The number of aliphatic hydroxyl groups excluding tert-OH is 1. The van der Waals surface area contributed by atoms with Gasteiger partial charge in [0.1, 0.15) is 0 Å². The summed E-state index contributed by atoms with van der Waals surface area (Å²) in [5.41, 5.74) is 2.19. The minimum absolute atomic E-state index is 0.0114. The van der Waals surface area contributed by atoms with E-state index in [0.29, 0.717) is 0 Å². The average molecular weight is 272 g/mol. The lowest BCUT2D eigenvalue weighted by Crippen LogP contribution is -2.24. The van der Waals surface area contributed by atoms with E-state index in [4.69, 9.17) is 0 Å². The van der Waals surface area contributed by atoms with Crippen LogP contribution in [0, 0.1) is 0 Å². The number of hydrogen-bond acceptors (Lipinski definition) is 3. The van der Waals surface area contributed by atoms with Crippen LogP contribution in [-0.2, 0) is 13.0 Å². The van der Waals surface area contributed by atoms with Crippen LogP contribution in [0.2, 0.25) is 0 Å². The van der Waals surface area contributed by atoms with E-state index in [2.05, 4.69) is 16.8 Å². The van der Waals surface area contributed by atoms with E-state index < -0.39 is 0 Å². The lowest BCUT2D eigenvalue weighted by molar-refractivity contribution is 0.175. The number of nitrogens with one attached hydrogen (secondary N) is 1. The van der Waals surface area contributed by atoms with Gasteiger partial charge in [0.15, 0.2) is 0 Å². The van der Waals surface area contributed by atoms with Gasteiger partial charge in [-0.3, -0.25) is 9.69 Å². The van der Waals surface area contributed by atoms with Crippen LogP contribution in [0.15, 0.2) is 29.1 Å². The van der Waals surface area contributed by atoms with Gasteiger partial charge in [-0.15, -0.1) is 0 Å². The fraction of sp³-hybridized carbons (Fsp3) is 0.438. The third-order valence-corrected chi connectivity index (χ3v) is 4.11. The van der Waals surface area contributed by atoms with Crippen LogP contribution < -0.4 is 5.56 Å². The first-order valence-corrected chi connectivity index (χ1v) is 7.22. The molecule has 1 fully saturated rings. The van der Waals surface area contributed by atoms with Gasteiger partial charge in [0.25, 0.3) is 5.56 Å². The maximum absolute atomic E-state index is 12.1. The molecule has 0 aliphatic carbocycles. The number of pyridine rings is 1. The van der Waals surface area contributed by atoms with Gasteiger partial charge >= 0.3 is 0 Å². The third kappa shape index (κ3) is 2.37. The van der Waals surface area contributed by atoms with E-state index in [-0.39, 0.29) is 11.7 Å². The molecular weight excluding hydrogens is 252 g/mol. The number of H-pyrrole nitrogens is 1. The molecule has 0 unspecified atom stereocenters. The first-order chi connectivity index (χ1) is 9.69. The Morgan fingerprint density at radius 2 is 2.10 bits per heavy atom. The molecule has 1 aromatic carbocycles. The van der Waals surface area contributed by atoms with Crippen molar-refractivity contribution in [3.8, 4) is 0 Å². The van der Waals surface area contributed by atoms with Crippen molar-refractivity contribution in [3.05, 3.63) is 45.9 Å². The van der Waals surface area contributed by atoms with Gasteiger partial charge < -0.3 is 10.1 Å². The Kier molecular flexibility index (Phi) is 3.59. The summed E-state index contributed by atoms with van der Waals surface area (Å²) in [5.74, 6) is 0. The minimum Gasteiger partial charge on any atom is -0.392 e. The predicted molar refractivity (Wildman–Crippen MR) is 79.8 cm³/mol. The molecule has 4 nitrogen and oxygen atoms in total. The van der Waals surface area contributed by atoms with Crippen LogP contribution in [-0.4, -0.2) is 34.2 Å². The molecule has 106 valence electrons. The summed E-state index contributed by atoms with van der Waals surface area (Å²) in [5, 5.41) is 11.4. The molecule has 0 amide bonds. The highest BCUT2D eigenvalue weighted by atomic mass is 16.3. The van der Waals surface area contributed by atoms with Crippen molar-refractivity contribution >= 4 is 10.8 Å². The maximum atomic E-state index is 12.1. The molecule has 1 aromatic heterocycles. The van der Waals surface area contributed by atoms with Crippen LogP contribution in [0.1, 0.15) is 24.6 Å². The highest BCUT2D eigenvalue weighted by molar-refractivity contribution is 5.85. The quantitative estimate of drug-likeness (QED) is 0.893. The topological polar surface area (TPSA) is 56.3 Å². The molecule has 3 rings (SSSR count). The Bertz CT molecular complexity index is 678. The smallest absolute Gasteiger partial charge is 0.256 e. The van der Waals surface area contributed by atoms with Gasteiger partial charge in [0, 0.05) is 30.7 Å². The molecular formula is C16H20N2O2. The maximum Gasteiger partial charge on any atom is 0.256 e. The van der Waals surface area contributed by atoms with Gasteiger partial charge in [0.2, 0.25) is 0 Å². The summed E-state index contributed by atoms with van der Waals surface area (Å²) < 4.78 is 0. The van der Waals surface area contributed by atoms with E-state index >= 15 is 0 Å². The predicted octanol–water partition coefficient (Wildman–Crippen LogP) is 1.66. The van der Waals surface area contributed by atoms with Crippen LogP contribution in [0.4, 0.5) is 0 Å². The summed E-state index contributed by atoms with van der Waals surface area (Å²) in [6, 6.07) is 7.76. The fourth-order valence-electron chi connectivity index (χ4n) is 3.05. The summed E-state index contributed by atoms with van der Waals surface area (Å²) in [7, 11) is 0. The normalized spacial score (nSPS) is 19.8. The summed E-state index contributed by atoms with van der Waals surface area (Å²) >= 11 is 0. The lowest BCUT2D eigenvalue weighted by atomic mass is 10.0. The van der Waals surface area contributed by atoms with E-state index in [1.807, 2.05) is 24.3 Å². The van der Waals surface area contributed by atoms with Crippen LogP contribution in [0.5, 0.6) is 0 Å². The Balaban J connectivity index is 2.08. The highest BCUT2D eigenvalue weighted by Gasteiger charge is 2.22. The number of aromatic amines is 1. The van der Waals surface area contributed by atoms with Crippen molar-refractivity contribution < 1.29 is 5.11 Å². The fourth-order valence-corrected chi connectivity index (χ4v) is 3.05. The molecule has 0 radical (unpaired) electrons. The van der Waals surface area contributed by atoms with E-state index in [0.717, 1.165) is 48.9 Å². The molecule has 1 aliphatic rings. The number of aromatic nitrogens is 1. The first-order valence-electron chi connectivity index (χ1n) is 7.22. The van der Waals surface area contributed by atoms with Gasteiger partial charge in [-0.1, -0.05) is 25.1 Å². The molecule has 20 heavy (non-hydrogen) atoms. The second-order valence-corrected chi connectivity index (χ2v) is 5.49.